The first-order valence-corrected chi connectivity index (χ1v) is 8.53. The average Bonchev–Trinajstić information content (AvgIpc) is 2.79. The monoisotopic (exact) mass is 292 g/mol. The molecule has 1 aromatic carbocycles. The van der Waals surface area contributed by atoms with Crippen molar-refractivity contribution in [2.75, 3.05) is 4.90 Å². The van der Waals surface area contributed by atoms with Crippen LogP contribution in [0.2, 0.25) is 0 Å². The number of para-hydroxylation sites is 1. The van der Waals surface area contributed by atoms with E-state index in [1.54, 1.807) is 0 Å². The lowest BCUT2D eigenvalue weighted by Gasteiger charge is -2.46. The zero-order valence-corrected chi connectivity index (χ0v) is 13.5. The number of fused-ring (bicyclic) bond motifs is 2. The van der Waals surface area contributed by atoms with E-state index >= 15 is 0 Å². The number of benzene rings is 1. The van der Waals surface area contributed by atoms with Crippen LogP contribution in [0, 0.1) is 6.92 Å². The molecular formula is C20H24N2. The van der Waals surface area contributed by atoms with E-state index in [4.69, 9.17) is 0 Å². The summed E-state index contributed by atoms with van der Waals surface area (Å²) in [5.74, 6) is 0. The molecule has 2 nitrogen and oxygen atoms in total. The first-order valence-electron chi connectivity index (χ1n) is 8.53. The van der Waals surface area contributed by atoms with Gasteiger partial charge in [-0.1, -0.05) is 37.5 Å². The average molecular weight is 292 g/mol. The quantitative estimate of drug-likeness (QED) is 0.724. The van der Waals surface area contributed by atoms with E-state index in [2.05, 4.69) is 60.3 Å². The van der Waals surface area contributed by atoms with Gasteiger partial charge in [0.2, 0.25) is 0 Å². The second kappa shape index (κ2) is 5.12. The van der Waals surface area contributed by atoms with Gasteiger partial charge in [-0.3, -0.25) is 4.98 Å². The lowest BCUT2D eigenvalue weighted by atomic mass is 9.76. The summed E-state index contributed by atoms with van der Waals surface area (Å²) in [4.78, 5) is 7.11. The third kappa shape index (κ3) is 1.83. The summed E-state index contributed by atoms with van der Waals surface area (Å²) in [7, 11) is 0. The van der Waals surface area contributed by atoms with E-state index in [1.807, 2.05) is 6.20 Å². The highest BCUT2D eigenvalue weighted by Gasteiger charge is 2.49. The van der Waals surface area contributed by atoms with Crippen LogP contribution in [0.15, 0.2) is 42.7 Å². The summed E-state index contributed by atoms with van der Waals surface area (Å²) < 4.78 is 0. The molecule has 1 aliphatic heterocycles. The van der Waals surface area contributed by atoms with Gasteiger partial charge in [0, 0.05) is 18.1 Å². The number of hydrogen-bond donors (Lipinski definition) is 0. The summed E-state index contributed by atoms with van der Waals surface area (Å²) in [6.45, 7) is 4.58. The normalized spacial score (nSPS) is 22.8. The van der Waals surface area contributed by atoms with Crippen LogP contribution in [0.5, 0.6) is 0 Å². The maximum atomic E-state index is 4.41. The van der Waals surface area contributed by atoms with E-state index in [1.165, 1.54) is 54.5 Å². The molecular weight excluding hydrogens is 268 g/mol. The highest BCUT2D eigenvalue weighted by Crippen LogP contribution is 2.55. The summed E-state index contributed by atoms with van der Waals surface area (Å²) in [5.41, 5.74) is 5.90. The third-order valence-corrected chi connectivity index (χ3v) is 5.71. The number of rotatable bonds is 1. The Kier molecular flexibility index (Phi) is 3.21. The standard InChI is InChI=1S/C20H24N2/c1-15-8-4-5-9-19(15)22-16(2)17-14-21-13-10-18(17)20(22)11-6-3-7-12-20/h4-5,8-10,13-14,16H,3,6-7,11-12H2,1-2H3/t16-/m0/s1. The lowest BCUT2D eigenvalue weighted by Crippen LogP contribution is -2.44. The molecule has 0 N–H and O–H groups in total. The van der Waals surface area contributed by atoms with E-state index in [0.717, 1.165) is 0 Å². The molecule has 0 bridgehead atoms. The van der Waals surface area contributed by atoms with Gasteiger partial charge in [0.25, 0.3) is 0 Å². The van der Waals surface area contributed by atoms with Crippen molar-refractivity contribution in [2.45, 2.75) is 57.5 Å². The molecule has 0 amide bonds. The Balaban J connectivity index is 1.92. The zero-order chi connectivity index (χ0) is 15.2. The fourth-order valence-electron chi connectivity index (χ4n) is 4.72. The molecule has 2 heteroatoms. The van der Waals surface area contributed by atoms with Gasteiger partial charge in [-0.05, 0) is 55.5 Å². The Bertz CT molecular complexity index is 686. The second-order valence-electron chi connectivity index (χ2n) is 6.89. The Morgan fingerprint density at radius 1 is 1.09 bits per heavy atom. The molecule has 22 heavy (non-hydrogen) atoms. The number of nitrogens with zero attached hydrogens (tertiary/aromatic N) is 2. The van der Waals surface area contributed by atoms with Gasteiger partial charge < -0.3 is 4.90 Å². The lowest BCUT2D eigenvalue weighted by molar-refractivity contribution is 0.284. The van der Waals surface area contributed by atoms with Crippen molar-refractivity contribution in [1.29, 1.82) is 0 Å². The number of aromatic nitrogens is 1. The van der Waals surface area contributed by atoms with Crippen molar-refractivity contribution in [3.8, 4) is 0 Å². The van der Waals surface area contributed by atoms with Crippen LogP contribution in [0.25, 0.3) is 0 Å². The first kappa shape index (κ1) is 13.8. The molecule has 1 atom stereocenters. The molecule has 0 radical (unpaired) electrons. The van der Waals surface area contributed by atoms with Crippen LogP contribution in [-0.4, -0.2) is 4.98 Å². The summed E-state index contributed by atoms with van der Waals surface area (Å²) in [6, 6.07) is 11.5. The zero-order valence-electron chi connectivity index (χ0n) is 13.5. The van der Waals surface area contributed by atoms with Crippen LogP contribution < -0.4 is 4.90 Å². The van der Waals surface area contributed by atoms with E-state index in [0.29, 0.717) is 6.04 Å². The molecule has 4 rings (SSSR count). The maximum Gasteiger partial charge on any atom is 0.0664 e. The third-order valence-electron chi connectivity index (χ3n) is 5.71. The molecule has 1 fully saturated rings. The van der Waals surface area contributed by atoms with E-state index in [9.17, 15) is 0 Å². The van der Waals surface area contributed by atoms with Gasteiger partial charge in [-0.2, -0.15) is 0 Å². The molecule has 1 saturated carbocycles. The second-order valence-corrected chi connectivity index (χ2v) is 6.89. The van der Waals surface area contributed by atoms with Crippen molar-refractivity contribution in [2.24, 2.45) is 0 Å². The van der Waals surface area contributed by atoms with Gasteiger partial charge >= 0.3 is 0 Å². The van der Waals surface area contributed by atoms with Crippen LogP contribution in [-0.2, 0) is 5.54 Å². The van der Waals surface area contributed by atoms with Crippen molar-refractivity contribution >= 4 is 5.69 Å². The summed E-state index contributed by atoms with van der Waals surface area (Å²) >= 11 is 0. The van der Waals surface area contributed by atoms with Crippen LogP contribution in [0.3, 0.4) is 0 Å². The number of pyridine rings is 1. The number of aryl methyl sites for hydroxylation is 1. The Hall–Kier alpha value is -1.83. The molecule has 2 heterocycles. The highest BCUT2D eigenvalue weighted by molar-refractivity contribution is 5.63. The number of anilines is 1. The van der Waals surface area contributed by atoms with Crippen molar-refractivity contribution in [3.63, 3.8) is 0 Å². The predicted molar refractivity (Wildman–Crippen MR) is 91.1 cm³/mol. The van der Waals surface area contributed by atoms with Crippen molar-refractivity contribution in [1.82, 2.24) is 4.98 Å². The molecule has 2 aromatic rings. The molecule has 1 spiro atoms. The number of hydrogen-bond acceptors (Lipinski definition) is 2. The SMILES string of the molecule is Cc1ccccc1N1[C@@H](C)c2cnccc2C12CCCCC2. The van der Waals surface area contributed by atoms with Crippen LogP contribution in [0.1, 0.15) is 61.8 Å². The van der Waals surface area contributed by atoms with Gasteiger partial charge in [0.05, 0.1) is 11.6 Å². The fraction of sp³-hybridized carbons (Fsp3) is 0.450. The van der Waals surface area contributed by atoms with Crippen molar-refractivity contribution in [3.05, 3.63) is 59.4 Å². The maximum absolute atomic E-state index is 4.41. The molecule has 2 aliphatic rings. The first-order chi connectivity index (χ1) is 10.7. The van der Waals surface area contributed by atoms with Gasteiger partial charge in [0.1, 0.15) is 0 Å². The van der Waals surface area contributed by atoms with Crippen LogP contribution >= 0.6 is 0 Å². The minimum absolute atomic E-state index is 0.183. The Morgan fingerprint density at radius 3 is 2.64 bits per heavy atom. The summed E-state index contributed by atoms with van der Waals surface area (Å²) in [6.07, 6.45) is 10.6. The van der Waals surface area contributed by atoms with Gasteiger partial charge in [0.15, 0.2) is 0 Å². The smallest absolute Gasteiger partial charge is 0.0664 e. The minimum atomic E-state index is 0.183. The molecule has 1 aliphatic carbocycles. The molecule has 114 valence electrons. The highest BCUT2D eigenvalue weighted by atomic mass is 15.3. The Morgan fingerprint density at radius 2 is 1.86 bits per heavy atom. The van der Waals surface area contributed by atoms with E-state index < -0.39 is 0 Å². The molecule has 0 saturated heterocycles. The summed E-state index contributed by atoms with van der Waals surface area (Å²) in [5, 5.41) is 0. The Labute approximate surface area is 133 Å². The van der Waals surface area contributed by atoms with Gasteiger partial charge in [-0.25, -0.2) is 0 Å². The predicted octanol–water partition coefficient (Wildman–Crippen LogP) is 5.13. The largest absolute Gasteiger partial charge is 0.355 e. The fourth-order valence-corrected chi connectivity index (χ4v) is 4.72. The molecule has 1 aromatic heterocycles. The molecule has 0 unspecified atom stereocenters. The van der Waals surface area contributed by atoms with Gasteiger partial charge in [-0.15, -0.1) is 0 Å². The minimum Gasteiger partial charge on any atom is -0.355 e. The van der Waals surface area contributed by atoms with E-state index in [-0.39, 0.29) is 5.54 Å². The van der Waals surface area contributed by atoms with Crippen LogP contribution in [0.4, 0.5) is 5.69 Å². The topological polar surface area (TPSA) is 16.1 Å². The van der Waals surface area contributed by atoms with Crippen molar-refractivity contribution < 1.29 is 0 Å².